The van der Waals surface area contributed by atoms with Gasteiger partial charge in [0, 0.05) is 0 Å². The molecule has 5 rings (SSSR count). The monoisotopic (exact) mass is 247 g/mol. The Balaban J connectivity index is 1.72. The van der Waals surface area contributed by atoms with Crippen LogP contribution in [0.3, 0.4) is 0 Å². The summed E-state index contributed by atoms with van der Waals surface area (Å²) in [6.45, 7) is 0. The highest BCUT2D eigenvalue weighted by molar-refractivity contribution is 5.22. The van der Waals surface area contributed by atoms with Crippen LogP contribution in [-0.2, 0) is 5.54 Å². The lowest BCUT2D eigenvalue weighted by atomic mass is 9.53. The van der Waals surface area contributed by atoms with Gasteiger partial charge in [-0.1, -0.05) is 0 Å². The fraction of sp³-hybridized carbons (Fsp3) is 0.769. The average Bonchev–Trinajstić information content (AvgIpc) is 2.76. The lowest BCUT2D eigenvalue weighted by Gasteiger charge is -2.56. The average molecular weight is 247 g/mol. The lowest BCUT2D eigenvalue weighted by molar-refractivity contribution is -0.385. The van der Waals surface area contributed by atoms with E-state index < -0.39 is 0 Å². The molecular formula is C13H17N3O2. The number of nitro groups is 1. The molecular weight excluding hydrogens is 230 g/mol. The first-order valence-electron chi connectivity index (χ1n) is 6.84. The molecule has 0 atom stereocenters. The van der Waals surface area contributed by atoms with Crippen molar-refractivity contribution in [3.05, 3.63) is 22.5 Å². The van der Waals surface area contributed by atoms with Crippen molar-refractivity contribution in [3.8, 4) is 0 Å². The minimum Gasteiger partial charge on any atom is -0.259 e. The van der Waals surface area contributed by atoms with Gasteiger partial charge in [-0.05, 0) is 56.3 Å². The molecule has 0 radical (unpaired) electrons. The van der Waals surface area contributed by atoms with E-state index in [1.165, 1.54) is 44.7 Å². The Morgan fingerprint density at radius 3 is 2.22 bits per heavy atom. The molecule has 1 heterocycles. The molecule has 18 heavy (non-hydrogen) atoms. The van der Waals surface area contributed by atoms with E-state index in [0.717, 1.165) is 17.8 Å². The smallest absolute Gasteiger partial charge is 0.259 e. The van der Waals surface area contributed by atoms with E-state index in [4.69, 9.17) is 0 Å². The molecule has 0 spiro atoms. The van der Waals surface area contributed by atoms with Gasteiger partial charge in [0.15, 0.2) is 0 Å². The summed E-state index contributed by atoms with van der Waals surface area (Å²) in [7, 11) is 0. The molecule has 0 amide bonds. The molecule has 0 aliphatic heterocycles. The van der Waals surface area contributed by atoms with Crippen LogP contribution < -0.4 is 0 Å². The van der Waals surface area contributed by atoms with Crippen molar-refractivity contribution in [1.29, 1.82) is 0 Å². The molecule has 0 saturated heterocycles. The maximum atomic E-state index is 10.8. The van der Waals surface area contributed by atoms with E-state index in [-0.39, 0.29) is 16.1 Å². The van der Waals surface area contributed by atoms with Gasteiger partial charge in [0.25, 0.3) is 0 Å². The number of nitrogens with zero attached hydrogens (tertiary/aromatic N) is 3. The normalized spacial score (nSPS) is 41.2. The summed E-state index contributed by atoms with van der Waals surface area (Å²) in [6.07, 6.45) is 10.7. The molecule has 0 N–H and O–H groups in total. The van der Waals surface area contributed by atoms with Gasteiger partial charge in [-0.3, -0.25) is 14.8 Å². The zero-order valence-electron chi connectivity index (χ0n) is 10.3. The van der Waals surface area contributed by atoms with E-state index in [1.807, 2.05) is 4.68 Å². The molecule has 0 aromatic carbocycles. The Hall–Kier alpha value is -1.39. The minimum atomic E-state index is -0.343. The largest absolute Gasteiger partial charge is 0.307 e. The summed E-state index contributed by atoms with van der Waals surface area (Å²) in [5, 5.41) is 15.1. The number of rotatable bonds is 2. The highest BCUT2D eigenvalue weighted by atomic mass is 16.6. The molecule has 5 heteroatoms. The van der Waals surface area contributed by atoms with E-state index in [2.05, 4.69) is 5.10 Å². The molecule has 4 bridgehead atoms. The molecule has 4 aliphatic rings. The van der Waals surface area contributed by atoms with Crippen LogP contribution in [0.5, 0.6) is 0 Å². The van der Waals surface area contributed by atoms with Gasteiger partial charge in [-0.15, -0.1) is 0 Å². The van der Waals surface area contributed by atoms with Crippen LogP contribution in [0, 0.1) is 27.9 Å². The quantitative estimate of drug-likeness (QED) is 0.596. The van der Waals surface area contributed by atoms with Gasteiger partial charge < -0.3 is 0 Å². The first-order chi connectivity index (χ1) is 8.64. The van der Waals surface area contributed by atoms with E-state index in [0.29, 0.717) is 0 Å². The Kier molecular flexibility index (Phi) is 1.95. The third kappa shape index (κ3) is 1.36. The minimum absolute atomic E-state index is 0.100. The zero-order valence-corrected chi connectivity index (χ0v) is 10.3. The number of aromatic nitrogens is 2. The Labute approximate surface area is 105 Å². The highest BCUT2D eigenvalue weighted by Crippen LogP contribution is 2.58. The summed E-state index contributed by atoms with van der Waals surface area (Å²) in [4.78, 5) is 10.5. The molecule has 0 unspecified atom stereocenters. The van der Waals surface area contributed by atoms with E-state index in [9.17, 15) is 10.1 Å². The standard InChI is InChI=1S/C13H17N3O2/c17-16(18)12-7-14-15(8-12)13-4-9-1-10(5-13)3-11(2-9)6-13/h7-11H,1-6H2. The third-order valence-electron chi connectivity index (χ3n) is 5.27. The second kappa shape index (κ2) is 3.33. The first-order valence-corrected chi connectivity index (χ1v) is 6.84. The van der Waals surface area contributed by atoms with E-state index in [1.54, 1.807) is 6.20 Å². The van der Waals surface area contributed by atoms with Gasteiger partial charge in [-0.2, -0.15) is 5.10 Å². The van der Waals surface area contributed by atoms with Crippen molar-refractivity contribution in [2.45, 2.75) is 44.1 Å². The maximum Gasteiger partial charge on any atom is 0.307 e. The van der Waals surface area contributed by atoms with Gasteiger partial charge >= 0.3 is 5.69 Å². The number of hydrogen-bond acceptors (Lipinski definition) is 3. The van der Waals surface area contributed by atoms with Crippen LogP contribution in [-0.4, -0.2) is 14.7 Å². The molecule has 5 nitrogen and oxygen atoms in total. The second-order valence-electron chi connectivity index (χ2n) is 6.54. The number of hydrogen-bond donors (Lipinski definition) is 0. The summed E-state index contributed by atoms with van der Waals surface area (Å²) >= 11 is 0. The molecule has 1 aromatic rings. The topological polar surface area (TPSA) is 61.0 Å². The molecule has 4 aliphatic carbocycles. The third-order valence-corrected chi connectivity index (χ3v) is 5.27. The molecule has 4 saturated carbocycles. The van der Waals surface area contributed by atoms with Crippen LogP contribution >= 0.6 is 0 Å². The summed E-state index contributed by atoms with van der Waals surface area (Å²) in [5.41, 5.74) is 0.231. The summed E-state index contributed by atoms with van der Waals surface area (Å²) in [5.74, 6) is 2.50. The lowest BCUT2D eigenvalue weighted by Crippen LogP contribution is -2.52. The van der Waals surface area contributed by atoms with Crippen LogP contribution in [0.25, 0.3) is 0 Å². The zero-order chi connectivity index (χ0) is 12.3. The Morgan fingerprint density at radius 1 is 1.22 bits per heavy atom. The van der Waals surface area contributed by atoms with Crippen molar-refractivity contribution in [1.82, 2.24) is 9.78 Å². The Bertz CT molecular complexity index is 473. The van der Waals surface area contributed by atoms with Crippen molar-refractivity contribution >= 4 is 5.69 Å². The van der Waals surface area contributed by atoms with Crippen LogP contribution in [0.1, 0.15) is 38.5 Å². The molecule has 4 fully saturated rings. The summed E-state index contributed by atoms with van der Waals surface area (Å²) < 4.78 is 1.93. The molecule has 1 aromatic heterocycles. The van der Waals surface area contributed by atoms with Crippen molar-refractivity contribution in [3.63, 3.8) is 0 Å². The van der Waals surface area contributed by atoms with Gasteiger partial charge in [0.05, 0.1) is 10.5 Å². The van der Waals surface area contributed by atoms with Crippen LogP contribution in [0.15, 0.2) is 12.4 Å². The first kappa shape index (κ1) is 10.5. The van der Waals surface area contributed by atoms with E-state index >= 15 is 0 Å². The predicted molar refractivity (Wildman–Crippen MR) is 65.0 cm³/mol. The van der Waals surface area contributed by atoms with Crippen molar-refractivity contribution in [2.75, 3.05) is 0 Å². The van der Waals surface area contributed by atoms with Gasteiger partial charge in [0.2, 0.25) is 0 Å². The maximum absolute atomic E-state index is 10.8. The van der Waals surface area contributed by atoms with Crippen molar-refractivity contribution in [2.24, 2.45) is 17.8 Å². The van der Waals surface area contributed by atoms with Crippen LogP contribution in [0.2, 0.25) is 0 Å². The summed E-state index contributed by atoms with van der Waals surface area (Å²) in [6, 6.07) is 0. The van der Waals surface area contributed by atoms with Crippen molar-refractivity contribution < 1.29 is 4.92 Å². The Morgan fingerprint density at radius 2 is 1.78 bits per heavy atom. The predicted octanol–water partition coefficient (Wildman–Crippen LogP) is 2.72. The fourth-order valence-corrected chi connectivity index (χ4v) is 5.01. The van der Waals surface area contributed by atoms with Gasteiger partial charge in [-0.25, -0.2) is 0 Å². The van der Waals surface area contributed by atoms with Crippen LogP contribution in [0.4, 0.5) is 5.69 Å². The molecule has 96 valence electrons. The fourth-order valence-electron chi connectivity index (χ4n) is 5.01. The second-order valence-corrected chi connectivity index (χ2v) is 6.54. The highest BCUT2D eigenvalue weighted by Gasteiger charge is 2.52. The van der Waals surface area contributed by atoms with Gasteiger partial charge in [0.1, 0.15) is 12.4 Å². The SMILES string of the molecule is O=[N+]([O-])c1cnn(C23CC4CC(CC(C4)C2)C3)c1.